The molecule has 2 fully saturated rings. The first kappa shape index (κ1) is 14.8. The summed E-state index contributed by atoms with van der Waals surface area (Å²) in [6.07, 6.45) is 7.45. The summed E-state index contributed by atoms with van der Waals surface area (Å²) in [5.74, 6) is 0.0856. The number of ether oxygens (including phenoxy) is 1. The Hall–Kier alpha value is -0.610. The zero-order chi connectivity index (χ0) is 13.7. The van der Waals surface area contributed by atoms with E-state index >= 15 is 0 Å². The third-order valence-corrected chi connectivity index (χ3v) is 4.45. The van der Waals surface area contributed by atoms with Crippen LogP contribution < -0.4 is 0 Å². The molecule has 2 rings (SSSR count). The van der Waals surface area contributed by atoms with Gasteiger partial charge in [0.1, 0.15) is 0 Å². The van der Waals surface area contributed by atoms with E-state index in [2.05, 4.69) is 0 Å². The minimum Gasteiger partial charge on any atom is -0.389 e. The molecule has 0 spiro atoms. The standard InChI is InChI=1S/C15H27NO3/c1-2-16(12-13-7-6-10-19-13)14(17)11-15(18)8-4-3-5-9-15/h13,18H,2-12H2,1H3. The molecular formula is C15H27NO3. The van der Waals surface area contributed by atoms with E-state index in [0.717, 1.165) is 45.1 Å². The highest BCUT2D eigenvalue weighted by Gasteiger charge is 2.33. The van der Waals surface area contributed by atoms with E-state index in [0.29, 0.717) is 13.1 Å². The van der Waals surface area contributed by atoms with E-state index < -0.39 is 5.60 Å². The molecule has 1 aliphatic heterocycles. The topological polar surface area (TPSA) is 49.8 Å². The van der Waals surface area contributed by atoms with Crippen molar-refractivity contribution >= 4 is 5.91 Å². The van der Waals surface area contributed by atoms with Crippen molar-refractivity contribution in [2.45, 2.75) is 70.0 Å². The lowest BCUT2D eigenvalue weighted by Crippen LogP contribution is -2.43. The van der Waals surface area contributed by atoms with Crippen molar-refractivity contribution in [1.29, 1.82) is 0 Å². The number of nitrogens with zero attached hydrogens (tertiary/aromatic N) is 1. The molecule has 19 heavy (non-hydrogen) atoms. The molecule has 1 aliphatic carbocycles. The highest BCUT2D eigenvalue weighted by molar-refractivity contribution is 5.77. The maximum absolute atomic E-state index is 12.3. The van der Waals surface area contributed by atoms with Gasteiger partial charge >= 0.3 is 0 Å². The largest absolute Gasteiger partial charge is 0.389 e. The first-order chi connectivity index (χ1) is 9.13. The Balaban J connectivity index is 1.84. The second-order valence-corrected chi connectivity index (χ2v) is 6.03. The van der Waals surface area contributed by atoms with Crippen molar-refractivity contribution in [3.05, 3.63) is 0 Å². The van der Waals surface area contributed by atoms with Crippen LogP contribution in [0.3, 0.4) is 0 Å². The van der Waals surface area contributed by atoms with Crippen LogP contribution in [0.5, 0.6) is 0 Å². The highest BCUT2D eigenvalue weighted by atomic mass is 16.5. The van der Waals surface area contributed by atoms with Crippen molar-refractivity contribution in [1.82, 2.24) is 4.90 Å². The fourth-order valence-corrected chi connectivity index (χ4v) is 3.22. The molecule has 1 N–H and O–H groups in total. The van der Waals surface area contributed by atoms with Gasteiger partial charge in [-0.25, -0.2) is 0 Å². The molecule has 1 unspecified atom stereocenters. The molecule has 0 aromatic rings. The predicted octanol–water partition coefficient (Wildman–Crippen LogP) is 2.10. The molecular weight excluding hydrogens is 242 g/mol. The van der Waals surface area contributed by atoms with E-state index in [1.807, 2.05) is 11.8 Å². The Labute approximate surface area is 116 Å². The molecule has 1 atom stereocenters. The van der Waals surface area contributed by atoms with Crippen molar-refractivity contribution in [2.24, 2.45) is 0 Å². The summed E-state index contributed by atoms with van der Waals surface area (Å²) < 4.78 is 5.59. The summed E-state index contributed by atoms with van der Waals surface area (Å²) in [6.45, 7) is 4.21. The Morgan fingerprint density at radius 1 is 1.32 bits per heavy atom. The predicted molar refractivity (Wildman–Crippen MR) is 73.9 cm³/mol. The van der Waals surface area contributed by atoms with E-state index in [-0.39, 0.29) is 18.4 Å². The van der Waals surface area contributed by atoms with Gasteiger partial charge in [-0.15, -0.1) is 0 Å². The van der Waals surface area contributed by atoms with Gasteiger partial charge in [0.05, 0.1) is 18.1 Å². The van der Waals surface area contributed by atoms with Crippen LogP contribution in [0.4, 0.5) is 0 Å². The zero-order valence-corrected chi connectivity index (χ0v) is 12.1. The van der Waals surface area contributed by atoms with Crippen molar-refractivity contribution in [3.63, 3.8) is 0 Å². The molecule has 0 radical (unpaired) electrons. The first-order valence-corrected chi connectivity index (χ1v) is 7.75. The summed E-state index contributed by atoms with van der Waals surface area (Å²) in [5.41, 5.74) is -0.751. The van der Waals surface area contributed by atoms with Crippen LogP contribution >= 0.6 is 0 Å². The number of hydrogen-bond acceptors (Lipinski definition) is 3. The lowest BCUT2D eigenvalue weighted by atomic mass is 9.82. The average Bonchev–Trinajstić information content (AvgIpc) is 2.89. The third kappa shape index (κ3) is 4.18. The molecule has 2 aliphatic rings. The summed E-state index contributed by atoms with van der Waals surface area (Å²) in [7, 11) is 0. The van der Waals surface area contributed by atoms with Crippen LogP contribution in [0.2, 0.25) is 0 Å². The van der Waals surface area contributed by atoms with Crippen molar-refractivity contribution in [3.8, 4) is 0 Å². The normalized spacial score (nSPS) is 26.3. The monoisotopic (exact) mass is 269 g/mol. The molecule has 1 heterocycles. The Morgan fingerprint density at radius 2 is 2.05 bits per heavy atom. The van der Waals surface area contributed by atoms with Crippen molar-refractivity contribution in [2.75, 3.05) is 19.7 Å². The van der Waals surface area contributed by atoms with E-state index in [9.17, 15) is 9.90 Å². The summed E-state index contributed by atoms with van der Waals surface area (Å²) in [4.78, 5) is 14.2. The minimum absolute atomic E-state index is 0.0856. The maximum atomic E-state index is 12.3. The van der Waals surface area contributed by atoms with E-state index in [1.165, 1.54) is 6.42 Å². The van der Waals surface area contributed by atoms with Crippen LogP contribution in [0, 0.1) is 0 Å². The second kappa shape index (κ2) is 6.71. The van der Waals surface area contributed by atoms with Gasteiger partial charge in [-0.05, 0) is 32.6 Å². The molecule has 4 heteroatoms. The molecule has 1 saturated heterocycles. The van der Waals surface area contributed by atoms with E-state index in [1.54, 1.807) is 0 Å². The Morgan fingerprint density at radius 3 is 2.63 bits per heavy atom. The van der Waals surface area contributed by atoms with Gasteiger partial charge in [0, 0.05) is 19.7 Å². The van der Waals surface area contributed by atoms with Gasteiger partial charge in [-0.3, -0.25) is 4.79 Å². The van der Waals surface area contributed by atoms with Crippen LogP contribution in [-0.4, -0.2) is 47.3 Å². The lowest BCUT2D eigenvalue weighted by Gasteiger charge is -2.34. The highest BCUT2D eigenvalue weighted by Crippen LogP contribution is 2.31. The van der Waals surface area contributed by atoms with Crippen LogP contribution in [-0.2, 0) is 9.53 Å². The number of rotatable bonds is 5. The molecule has 0 aromatic carbocycles. The number of likely N-dealkylation sites (N-methyl/N-ethyl adjacent to an activating group) is 1. The Bertz CT molecular complexity index is 294. The molecule has 4 nitrogen and oxygen atoms in total. The number of carbonyl (C=O) groups excluding carboxylic acids is 1. The molecule has 110 valence electrons. The third-order valence-electron chi connectivity index (χ3n) is 4.45. The van der Waals surface area contributed by atoms with Crippen LogP contribution in [0.1, 0.15) is 58.3 Å². The quantitative estimate of drug-likeness (QED) is 0.831. The molecule has 1 amide bonds. The van der Waals surface area contributed by atoms with Gasteiger partial charge in [0.15, 0.2) is 0 Å². The van der Waals surface area contributed by atoms with Gasteiger partial charge in [0.2, 0.25) is 5.91 Å². The minimum atomic E-state index is -0.751. The van der Waals surface area contributed by atoms with Crippen LogP contribution in [0.15, 0.2) is 0 Å². The number of carbonyl (C=O) groups is 1. The maximum Gasteiger partial charge on any atom is 0.225 e. The van der Waals surface area contributed by atoms with Crippen molar-refractivity contribution < 1.29 is 14.6 Å². The van der Waals surface area contributed by atoms with Gasteiger partial charge < -0.3 is 14.7 Å². The average molecular weight is 269 g/mol. The second-order valence-electron chi connectivity index (χ2n) is 6.03. The zero-order valence-electron chi connectivity index (χ0n) is 12.1. The molecule has 1 saturated carbocycles. The lowest BCUT2D eigenvalue weighted by molar-refractivity contribution is -0.139. The molecule has 0 aromatic heterocycles. The number of amides is 1. The first-order valence-electron chi connectivity index (χ1n) is 7.75. The fourth-order valence-electron chi connectivity index (χ4n) is 3.22. The van der Waals surface area contributed by atoms with E-state index in [4.69, 9.17) is 4.74 Å². The summed E-state index contributed by atoms with van der Waals surface area (Å²) in [5, 5.41) is 10.5. The van der Waals surface area contributed by atoms with Gasteiger partial charge in [0.25, 0.3) is 0 Å². The molecule has 0 bridgehead atoms. The summed E-state index contributed by atoms with van der Waals surface area (Å²) >= 11 is 0. The van der Waals surface area contributed by atoms with Crippen LogP contribution in [0.25, 0.3) is 0 Å². The van der Waals surface area contributed by atoms with Gasteiger partial charge in [-0.2, -0.15) is 0 Å². The van der Waals surface area contributed by atoms with Gasteiger partial charge in [-0.1, -0.05) is 19.3 Å². The number of aliphatic hydroxyl groups is 1. The fraction of sp³-hybridized carbons (Fsp3) is 0.933. The smallest absolute Gasteiger partial charge is 0.225 e. The summed E-state index contributed by atoms with van der Waals surface area (Å²) in [6, 6.07) is 0. The number of hydrogen-bond donors (Lipinski definition) is 1. The Kier molecular flexibility index (Phi) is 5.22. The SMILES string of the molecule is CCN(CC1CCCO1)C(=O)CC1(O)CCCCC1.